The van der Waals surface area contributed by atoms with Crippen LogP contribution in [0, 0.1) is 5.92 Å². The number of carbonyl (C=O) groups is 1. The highest BCUT2D eigenvalue weighted by Gasteiger charge is 2.30. The number of H-pyrrole nitrogens is 1. The highest BCUT2D eigenvalue weighted by Crippen LogP contribution is 2.30. The molecule has 1 amide bonds. The van der Waals surface area contributed by atoms with Crippen molar-refractivity contribution >= 4 is 22.8 Å². The largest absolute Gasteiger partial charge is 0.307 e. The summed E-state index contributed by atoms with van der Waals surface area (Å²) in [5.41, 5.74) is 1.55. The van der Waals surface area contributed by atoms with Crippen LogP contribution in [0.3, 0.4) is 0 Å². The number of nitrogens with one attached hydrogen (secondary N) is 2. The first-order chi connectivity index (χ1) is 7.34. The predicted molar refractivity (Wildman–Crippen MR) is 55.2 cm³/mol. The Morgan fingerprint density at radius 3 is 3.20 bits per heavy atom. The minimum absolute atomic E-state index is 0.0500. The number of anilines is 1. The van der Waals surface area contributed by atoms with Gasteiger partial charge in [0.1, 0.15) is 5.52 Å². The van der Waals surface area contributed by atoms with Gasteiger partial charge >= 0.3 is 0 Å². The number of carbonyl (C=O) groups excluding carboxylic acids is 1. The van der Waals surface area contributed by atoms with Crippen molar-refractivity contribution in [1.82, 2.24) is 15.2 Å². The minimum atomic E-state index is 0.0500. The molecule has 2 aromatic heterocycles. The van der Waals surface area contributed by atoms with E-state index >= 15 is 0 Å². The molecule has 2 heterocycles. The second kappa shape index (κ2) is 3.05. The Morgan fingerprint density at radius 1 is 1.53 bits per heavy atom. The Bertz CT molecular complexity index is 515. The van der Waals surface area contributed by atoms with Gasteiger partial charge in [-0.15, -0.1) is 0 Å². The van der Waals surface area contributed by atoms with Crippen LogP contribution in [0.1, 0.15) is 12.8 Å². The minimum Gasteiger partial charge on any atom is -0.307 e. The van der Waals surface area contributed by atoms with Crippen molar-refractivity contribution in [2.45, 2.75) is 12.8 Å². The van der Waals surface area contributed by atoms with Crippen molar-refractivity contribution in [3.05, 3.63) is 18.3 Å². The molecule has 1 aliphatic rings. The monoisotopic (exact) mass is 202 g/mol. The lowest BCUT2D eigenvalue weighted by atomic mass is 10.3. The predicted octanol–water partition coefficient (Wildman–Crippen LogP) is 1.31. The summed E-state index contributed by atoms with van der Waals surface area (Å²) in [4.78, 5) is 15.7. The molecule has 5 nitrogen and oxygen atoms in total. The van der Waals surface area contributed by atoms with E-state index in [1.807, 2.05) is 12.1 Å². The molecule has 0 atom stereocenters. The average molecular weight is 202 g/mol. The molecule has 15 heavy (non-hydrogen) atoms. The summed E-state index contributed by atoms with van der Waals surface area (Å²) in [6.45, 7) is 0. The molecule has 0 aliphatic heterocycles. The van der Waals surface area contributed by atoms with Gasteiger partial charge in [-0.3, -0.25) is 14.9 Å². The number of aromatic nitrogens is 3. The molecule has 0 radical (unpaired) electrons. The van der Waals surface area contributed by atoms with E-state index in [9.17, 15) is 4.79 Å². The summed E-state index contributed by atoms with van der Waals surface area (Å²) in [6.07, 6.45) is 3.66. The molecule has 5 heteroatoms. The van der Waals surface area contributed by atoms with Gasteiger partial charge in [0.05, 0.1) is 5.52 Å². The third kappa shape index (κ3) is 1.45. The fourth-order valence-corrected chi connectivity index (χ4v) is 1.50. The Kier molecular flexibility index (Phi) is 1.71. The first-order valence-corrected chi connectivity index (χ1v) is 4.94. The number of pyridine rings is 1. The quantitative estimate of drug-likeness (QED) is 0.771. The van der Waals surface area contributed by atoms with Crippen LogP contribution in [0.4, 0.5) is 5.82 Å². The first-order valence-electron chi connectivity index (χ1n) is 4.94. The van der Waals surface area contributed by atoms with Crippen molar-refractivity contribution in [1.29, 1.82) is 0 Å². The lowest BCUT2D eigenvalue weighted by Crippen LogP contribution is -2.13. The van der Waals surface area contributed by atoms with E-state index in [0.717, 1.165) is 18.4 Å². The van der Waals surface area contributed by atoms with Gasteiger partial charge in [0.15, 0.2) is 5.82 Å². The van der Waals surface area contributed by atoms with Crippen LogP contribution in [-0.2, 0) is 4.79 Å². The van der Waals surface area contributed by atoms with Crippen LogP contribution in [0.25, 0.3) is 11.0 Å². The molecule has 1 fully saturated rings. The van der Waals surface area contributed by atoms with Gasteiger partial charge in [-0.2, -0.15) is 5.10 Å². The second-order valence-corrected chi connectivity index (χ2v) is 3.74. The summed E-state index contributed by atoms with van der Waals surface area (Å²) in [5.74, 6) is 0.761. The topological polar surface area (TPSA) is 70.7 Å². The fourth-order valence-electron chi connectivity index (χ4n) is 1.50. The van der Waals surface area contributed by atoms with Crippen molar-refractivity contribution in [3.8, 4) is 0 Å². The Balaban J connectivity index is 1.93. The maximum Gasteiger partial charge on any atom is 0.228 e. The molecule has 2 N–H and O–H groups in total. The number of aromatic amines is 1. The number of fused-ring (bicyclic) bond motifs is 1. The summed E-state index contributed by atoms with van der Waals surface area (Å²) in [5, 5.41) is 9.63. The van der Waals surface area contributed by atoms with Gasteiger partial charge < -0.3 is 5.32 Å². The fraction of sp³-hybridized carbons (Fsp3) is 0.300. The van der Waals surface area contributed by atoms with Crippen LogP contribution < -0.4 is 5.32 Å². The van der Waals surface area contributed by atoms with Crippen LogP contribution in [0.2, 0.25) is 0 Å². The van der Waals surface area contributed by atoms with E-state index in [1.54, 1.807) is 6.20 Å². The van der Waals surface area contributed by atoms with E-state index in [-0.39, 0.29) is 11.8 Å². The summed E-state index contributed by atoms with van der Waals surface area (Å²) < 4.78 is 0. The number of nitrogens with zero attached hydrogens (tertiary/aromatic N) is 2. The van der Waals surface area contributed by atoms with Crippen molar-refractivity contribution in [2.75, 3.05) is 5.32 Å². The molecule has 0 saturated heterocycles. The molecule has 0 spiro atoms. The number of hydrogen-bond donors (Lipinski definition) is 2. The van der Waals surface area contributed by atoms with E-state index < -0.39 is 0 Å². The second-order valence-electron chi connectivity index (χ2n) is 3.74. The Labute approximate surface area is 85.9 Å². The van der Waals surface area contributed by atoms with Gasteiger partial charge in [-0.1, -0.05) is 0 Å². The molecule has 0 unspecified atom stereocenters. The van der Waals surface area contributed by atoms with Crippen LogP contribution >= 0.6 is 0 Å². The SMILES string of the molecule is O=C(Nc1n[nH]c2cccnc12)C1CC1. The summed E-state index contributed by atoms with van der Waals surface area (Å²) in [7, 11) is 0. The number of rotatable bonds is 2. The normalized spacial score (nSPS) is 15.5. The van der Waals surface area contributed by atoms with E-state index in [4.69, 9.17) is 0 Å². The third-order valence-corrected chi connectivity index (χ3v) is 2.51. The van der Waals surface area contributed by atoms with Gasteiger partial charge in [0.2, 0.25) is 5.91 Å². The third-order valence-electron chi connectivity index (χ3n) is 2.51. The molecule has 0 bridgehead atoms. The summed E-state index contributed by atoms with van der Waals surface area (Å²) >= 11 is 0. The van der Waals surface area contributed by atoms with Crippen LogP contribution in [-0.4, -0.2) is 21.1 Å². The van der Waals surface area contributed by atoms with Gasteiger partial charge in [0, 0.05) is 12.1 Å². The van der Waals surface area contributed by atoms with Gasteiger partial charge in [-0.05, 0) is 25.0 Å². The smallest absolute Gasteiger partial charge is 0.228 e. The molecular weight excluding hydrogens is 192 g/mol. The van der Waals surface area contributed by atoms with Gasteiger partial charge in [-0.25, -0.2) is 0 Å². The Hall–Kier alpha value is -1.91. The molecule has 3 rings (SSSR count). The molecule has 2 aromatic rings. The maximum atomic E-state index is 11.5. The molecule has 1 aliphatic carbocycles. The standard InChI is InChI=1S/C10H10N4O/c15-10(6-3-4-6)12-9-8-7(13-14-9)2-1-5-11-8/h1-2,5-6H,3-4H2,(H2,12,13,14,15). The highest BCUT2D eigenvalue weighted by molar-refractivity contribution is 5.99. The average Bonchev–Trinajstić information content (AvgIpc) is 3.03. The van der Waals surface area contributed by atoms with Gasteiger partial charge in [0.25, 0.3) is 0 Å². The van der Waals surface area contributed by atoms with Crippen molar-refractivity contribution in [3.63, 3.8) is 0 Å². The number of amides is 1. The summed E-state index contributed by atoms with van der Waals surface area (Å²) in [6, 6.07) is 3.70. The lowest BCUT2D eigenvalue weighted by Gasteiger charge is -1.98. The van der Waals surface area contributed by atoms with E-state index in [1.165, 1.54) is 0 Å². The van der Waals surface area contributed by atoms with Crippen LogP contribution in [0.15, 0.2) is 18.3 Å². The molecule has 0 aromatic carbocycles. The van der Waals surface area contributed by atoms with Crippen molar-refractivity contribution in [2.24, 2.45) is 5.92 Å². The zero-order valence-electron chi connectivity index (χ0n) is 8.03. The zero-order chi connectivity index (χ0) is 10.3. The van der Waals surface area contributed by atoms with E-state index in [0.29, 0.717) is 11.3 Å². The highest BCUT2D eigenvalue weighted by atomic mass is 16.2. The lowest BCUT2D eigenvalue weighted by molar-refractivity contribution is -0.117. The maximum absolute atomic E-state index is 11.5. The Morgan fingerprint density at radius 2 is 2.40 bits per heavy atom. The molecule has 76 valence electrons. The van der Waals surface area contributed by atoms with Crippen LogP contribution in [0.5, 0.6) is 0 Å². The van der Waals surface area contributed by atoms with E-state index in [2.05, 4.69) is 20.5 Å². The molecular formula is C10H10N4O. The molecule has 1 saturated carbocycles. The van der Waals surface area contributed by atoms with Crippen molar-refractivity contribution < 1.29 is 4.79 Å². The zero-order valence-corrected chi connectivity index (χ0v) is 8.03. The first kappa shape index (κ1) is 8.40. The number of hydrogen-bond acceptors (Lipinski definition) is 3.